The molecule has 0 saturated carbocycles. The normalized spacial score (nSPS) is 19.3. The first-order valence-corrected chi connectivity index (χ1v) is 6.37. The zero-order valence-corrected chi connectivity index (χ0v) is 10.9. The van der Waals surface area contributed by atoms with Gasteiger partial charge in [0.15, 0.2) is 0 Å². The molecule has 1 atom stereocenters. The van der Waals surface area contributed by atoms with Gasteiger partial charge in [-0.1, -0.05) is 0 Å². The highest BCUT2D eigenvalue weighted by Gasteiger charge is 2.19. The van der Waals surface area contributed by atoms with Crippen LogP contribution in [0.1, 0.15) is 11.8 Å². The fraction of sp³-hybridized carbons (Fsp3) is 0.357. The third kappa shape index (κ3) is 2.47. The Hall–Kier alpha value is -1.85. The second-order valence-electron chi connectivity index (χ2n) is 4.45. The minimum Gasteiger partial charge on any atom is -0.497 e. The largest absolute Gasteiger partial charge is 0.497 e. The van der Waals surface area contributed by atoms with Gasteiger partial charge in [-0.3, -0.25) is 0 Å². The van der Waals surface area contributed by atoms with Crippen molar-refractivity contribution in [1.82, 2.24) is 14.9 Å². The van der Waals surface area contributed by atoms with E-state index in [1.807, 2.05) is 36.8 Å². The van der Waals surface area contributed by atoms with E-state index in [1.165, 1.54) is 0 Å². The van der Waals surface area contributed by atoms with E-state index in [0.29, 0.717) is 0 Å². The van der Waals surface area contributed by atoms with Gasteiger partial charge >= 0.3 is 0 Å². The number of nitrogens with one attached hydrogen (secondary N) is 1. The molecule has 1 aromatic heterocycles. The maximum atomic E-state index is 5.78. The molecule has 1 saturated heterocycles. The van der Waals surface area contributed by atoms with Crippen molar-refractivity contribution in [3.8, 4) is 11.4 Å². The van der Waals surface area contributed by atoms with Crippen molar-refractivity contribution in [3.63, 3.8) is 0 Å². The number of hydrogen-bond donors (Lipinski definition) is 1. The van der Waals surface area contributed by atoms with E-state index in [9.17, 15) is 0 Å². The molecule has 5 nitrogen and oxygen atoms in total. The lowest BCUT2D eigenvalue weighted by Gasteiger charge is -2.24. The predicted octanol–water partition coefficient (Wildman–Crippen LogP) is 1.54. The molecule has 0 spiro atoms. The minimum atomic E-state index is 0.0540. The molecule has 2 aromatic rings. The highest BCUT2D eigenvalue weighted by Crippen LogP contribution is 2.23. The van der Waals surface area contributed by atoms with Gasteiger partial charge in [-0.2, -0.15) is 0 Å². The summed E-state index contributed by atoms with van der Waals surface area (Å²) in [4.78, 5) is 4.24. The molecule has 3 rings (SSSR count). The van der Waals surface area contributed by atoms with Gasteiger partial charge < -0.3 is 19.4 Å². The molecule has 1 unspecified atom stereocenters. The third-order valence-corrected chi connectivity index (χ3v) is 3.28. The molecule has 0 bridgehead atoms. The highest BCUT2D eigenvalue weighted by molar-refractivity contribution is 5.39. The van der Waals surface area contributed by atoms with Gasteiger partial charge in [0.1, 0.15) is 11.9 Å². The van der Waals surface area contributed by atoms with E-state index in [4.69, 9.17) is 9.47 Å². The Labute approximate surface area is 112 Å². The Morgan fingerprint density at radius 3 is 2.89 bits per heavy atom. The summed E-state index contributed by atoms with van der Waals surface area (Å²) in [6.07, 6.45) is 3.73. The van der Waals surface area contributed by atoms with Crippen molar-refractivity contribution < 1.29 is 9.47 Å². The zero-order chi connectivity index (χ0) is 13.1. The van der Waals surface area contributed by atoms with E-state index >= 15 is 0 Å². The van der Waals surface area contributed by atoms with Crippen LogP contribution in [0.15, 0.2) is 36.8 Å². The Bertz CT molecular complexity index is 530. The molecular formula is C14H17N3O2. The van der Waals surface area contributed by atoms with Crippen molar-refractivity contribution in [1.29, 1.82) is 0 Å². The molecule has 1 N–H and O–H groups in total. The topological polar surface area (TPSA) is 48.3 Å². The van der Waals surface area contributed by atoms with E-state index < -0.39 is 0 Å². The summed E-state index contributed by atoms with van der Waals surface area (Å²) >= 11 is 0. The lowest BCUT2D eigenvalue weighted by atomic mass is 10.2. The number of aromatic nitrogens is 2. The number of imidazole rings is 1. The second-order valence-corrected chi connectivity index (χ2v) is 4.45. The summed E-state index contributed by atoms with van der Waals surface area (Å²) in [7, 11) is 1.67. The highest BCUT2D eigenvalue weighted by atomic mass is 16.5. The molecule has 1 fully saturated rings. The molecule has 1 aliphatic rings. The summed E-state index contributed by atoms with van der Waals surface area (Å²) in [6, 6.07) is 7.92. The summed E-state index contributed by atoms with van der Waals surface area (Å²) in [5.74, 6) is 0.848. The van der Waals surface area contributed by atoms with Gasteiger partial charge in [0.05, 0.1) is 31.9 Å². The fourth-order valence-corrected chi connectivity index (χ4v) is 2.26. The third-order valence-electron chi connectivity index (χ3n) is 3.28. The standard InChI is InChI=1S/C14H17N3O2/c1-18-12-4-2-11(3-5-12)17-10-16-8-13(17)14-9-15-6-7-19-14/h2-5,8,10,14-15H,6-7,9H2,1H3. The second kappa shape index (κ2) is 5.42. The van der Waals surface area contributed by atoms with Gasteiger partial charge in [0.2, 0.25) is 0 Å². The van der Waals surface area contributed by atoms with Crippen LogP contribution in [0, 0.1) is 0 Å². The molecule has 2 heterocycles. The van der Waals surface area contributed by atoms with E-state index in [1.54, 1.807) is 7.11 Å². The number of ether oxygens (including phenoxy) is 2. The summed E-state index contributed by atoms with van der Waals surface area (Å²) < 4.78 is 13.0. The van der Waals surface area contributed by atoms with E-state index in [-0.39, 0.29) is 6.10 Å². The monoisotopic (exact) mass is 259 g/mol. The quantitative estimate of drug-likeness (QED) is 0.908. The SMILES string of the molecule is COc1ccc(-n2cncc2C2CNCCO2)cc1. The molecule has 100 valence electrons. The summed E-state index contributed by atoms with van der Waals surface area (Å²) in [5.41, 5.74) is 2.12. The van der Waals surface area contributed by atoms with Crippen molar-refractivity contribution >= 4 is 0 Å². The molecular weight excluding hydrogens is 242 g/mol. The average molecular weight is 259 g/mol. The van der Waals surface area contributed by atoms with Crippen LogP contribution in [0.25, 0.3) is 5.69 Å². The maximum absolute atomic E-state index is 5.78. The molecule has 5 heteroatoms. The molecule has 1 aliphatic heterocycles. The molecule has 0 amide bonds. The van der Waals surface area contributed by atoms with Crippen LogP contribution in [0.2, 0.25) is 0 Å². The first-order valence-electron chi connectivity index (χ1n) is 6.37. The van der Waals surface area contributed by atoms with Crippen molar-refractivity contribution in [2.24, 2.45) is 0 Å². The lowest BCUT2D eigenvalue weighted by molar-refractivity contribution is 0.0240. The Morgan fingerprint density at radius 1 is 1.37 bits per heavy atom. The smallest absolute Gasteiger partial charge is 0.119 e. The molecule has 0 radical (unpaired) electrons. The van der Waals surface area contributed by atoms with E-state index in [0.717, 1.165) is 36.8 Å². The predicted molar refractivity (Wildman–Crippen MR) is 71.7 cm³/mol. The minimum absolute atomic E-state index is 0.0540. The summed E-state index contributed by atoms with van der Waals surface area (Å²) in [5, 5.41) is 3.33. The molecule has 19 heavy (non-hydrogen) atoms. The van der Waals surface area contributed by atoms with E-state index in [2.05, 4.69) is 14.9 Å². The van der Waals surface area contributed by atoms with Crippen molar-refractivity contribution in [2.45, 2.75) is 6.10 Å². The Morgan fingerprint density at radius 2 is 2.21 bits per heavy atom. The summed E-state index contributed by atoms with van der Waals surface area (Å²) in [6.45, 7) is 2.47. The Balaban J connectivity index is 1.89. The van der Waals surface area contributed by atoms with Crippen LogP contribution in [0.5, 0.6) is 5.75 Å². The van der Waals surface area contributed by atoms with Crippen molar-refractivity contribution in [3.05, 3.63) is 42.5 Å². The number of rotatable bonds is 3. The number of methoxy groups -OCH3 is 1. The van der Waals surface area contributed by atoms with Crippen LogP contribution >= 0.6 is 0 Å². The average Bonchev–Trinajstić information content (AvgIpc) is 2.98. The number of hydrogen-bond acceptors (Lipinski definition) is 4. The van der Waals surface area contributed by atoms with Crippen LogP contribution in [-0.2, 0) is 4.74 Å². The van der Waals surface area contributed by atoms with Crippen LogP contribution in [0.4, 0.5) is 0 Å². The van der Waals surface area contributed by atoms with Gasteiger partial charge in [-0.05, 0) is 24.3 Å². The molecule has 0 aliphatic carbocycles. The van der Waals surface area contributed by atoms with Gasteiger partial charge in [-0.15, -0.1) is 0 Å². The van der Waals surface area contributed by atoms with Crippen LogP contribution < -0.4 is 10.1 Å². The van der Waals surface area contributed by atoms with Gasteiger partial charge in [-0.25, -0.2) is 4.98 Å². The first-order chi connectivity index (χ1) is 9.38. The zero-order valence-electron chi connectivity index (χ0n) is 10.9. The maximum Gasteiger partial charge on any atom is 0.119 e. The van der Waals surface area contributed by atoms with Gasteiger partial charge in [0.25, 0.3) is 0 Å². The number of morpholine rings is 1. The van der Waals surface area contributed by atoms with Gasteiger partial charge in [0, 0.05) is 18.8 Å². The fourth-order valence-electron chi connectivity index (χ4n) is 2.26. The van der Waals surface area contributed by atoms with Crippen molar-refractivity contribution in [2.75, 3.05) is 26.8 Å². The molecule has 1 aromatic carbocycles. The number of nitrogens with zero attached hydrogens (tertiary/aromatic N) is 2. The first kappa shape index (κ1) is 12.2. The van der Waals surface area contributed by atoms with Crippen LogP contribution in [0.3, 0.4) is 0 Å². The lowest BCUT2D eigenvalue weighted by Crippen LogP contribution is -2.34. The number of benzene rings is 1. The van der Waals surface area contributed by atoms with Crippen LogP contribution in [-0.4, -0.2) is 36.4 Å². The Kier molecular flexibility index (Phi) is 3.48.